The lowest BCUT2D eigenvalue weighted by atomic mass is 10.1. The zero-order chi connectivity index (χ0) is 20.9. The van der Waals surface area contributed by atoms with Gasteiger partial charge in [-0.3, -0.25) is 9.59 Å². The first-order chi connectivity index (χ1) is 14.1. The number of carbonyl (C=O) groups is 4. The Hall–Kier alpha value is -2.90. The van der Waals surface area contributed by atoms with Crippen molar-refractivity contribution in [3.05, 3.63) is 35.4 Å². The lowest BCUT2D eigenvalue weighted by molar-refractivity contribution is -0.145. The van der Waals surface area contributed by atoms with E-state index in [0.29, 0.717) is 25.7 Å². The van der Waals surface area contributed by atoms with Crippen molar-refractivity contribution in [1.29, 1.82) is 0 Å². The first-order valence-corrected chi connectivity index (χ1v) is 9.82. The molecule has 0 aliphatic carbocycles. The average molecular weight is 406 g/mol. The third-order valence-corrected chi connectivity index (χ3v) is 4.28. The fourth-order valence-corrected chi connectivity index (χ4v) is 2.70. The molecular formula is C21H26O8. The van der Waals surface area contributed by atoms with Crippen LogP contribution in [0.25, 0.3) is 0 Å². The molecule has 0 N–H and O–H groups in total. The molecule has 2 heterocycles. The number of benzene rings is 1. The number of carbonyl (C=O) groups excluding carboxylic acids is 4. The van der Waals surface area contributed by atoms with Crippen molar-refractivity contribution >= 4 is 23.9 Å². The van der Waals surface area contributed by atoms with Crippen LogP contribution in [0.2, 0.25) is 0 Å². The summed E-state index contributed by atoms with van der Waals surface area (Å²) in [5.74, 6) is -1.81. The van der Waals surface area contributed by atoms with E-state index in [9.17, 15) is 19.2 Å². The second-order valence-corrected chi connectivity index (χ2v) is 6.56. The smallest absolute Gasteiger partial charge is 0.338 e. The standard InChI is InChI=1S/C21H26O8/c22-18-6-4-2-1-3-5-7-19(23)27-13-15-29-21(25)17-10-8-16(9-11-17)20(24)28-14-12-26-18/h8-11H,1-7,12-15H2. The molecule has 0 unspecified atom stereocenters. The quantitative estimate of drug-likeness (QED) is 0.478. The van der Waals surface area contributed by atoms with Crippen LogP contribution in [0.15, 0.2) is 24.3 Å². The summed E-state index contributed by atoms with van der Waals surface area (Å²) >= 11 is 0. The van der Waals surface area contributed by atoms with Crippen LogP contribution in [0.3, 0.4) is 0 Å². The maximum Gasteiger partial charge on any atom is 0.338 e. The molecule has 0 aromatic heterocycles. The molecule has 8 nitrogen and oxygen atoms in total. The predicted molar refractivity (Wildman–Crippen MR) is 101 cm³/mol. The Labute approximate surface area is 169 Å². The Morgan fingerprint density at radius 2 is 0.828 bits per heavy atom. The van der Waals surface area contributed by atoms with Crippen molar-refractivity contribution in [2.75, 3.05) is 26.4 Å². The van der Waals surface area contributed by atoms with Gasteiger partial charge in [-0.1, -0.05) is 19.3 Å². The highest BCUT2D eigenvalue weighted by molar-refractivity contribution is 5.93. The molecule has 29 heavy (non-hydrogen) atoms. The van der Waals surface area contributed by atoms with Gasteiger partial charge < -0.3 is 18.9 Å². The summed E-state index contributed by atoms with van der Waals surface area (Å²) in [7, 11) is 0. The van der Waals surface area contributed by atoms with E-state index in [4.69, 9.17) is 18.9 Å². The SMILES string of the molecule is O=C1CCCCCCCC(=O)OCCOC(=O)c2ccc(cc2)C(=O)OCCO1. The van der Waals surface area contributed by atoms with Crippen LogP contribution < -0.4 is 0 Å². The van der Waals surface area contributed by atoms with E-state index in [-0.39, 0.29) is 49.5 Å². The molecule has 0 saturated carbocycles. The van der Waals surface area contributed by atoms with Crippen molar-refractivity contribution in [3.63, 3.8) is 0 Å². The summed E-state index contributed by atoms with van der Waals surface area (Å²) in [6, 6.07) is 5.78. The van der Waals surface area contributed by atoms with Gasteiger partial charge in [-0.05, 0) is 37.1 Å². The van der Waals surface area contributed by atoms with Crippen LogP contribution in [0.4, 0.5) is 0 Å². The highest BCUT2D eigenvalue weighted by atomic mass is 16.6. The van der Waals surface area contributed by atoms with Crippen molar-refractivity contribution in [3.8, 4) is 0 Å². The molecule has 1 aromatic carbocycles. The third-order valence-electron chi connectivity index (χ3n) is 4.28. The molecule has 3 rings (SSSR count). The van der Waals surface area contributed by atoms with Crippen LogP contribution >= 0.6 is 0 Å². The second-order valence-electron chi connectivity index (χ2n) is 6.56. The summed E-state index contributed by atoms with van der Waals surface area (Å²) in [4.78, 5) is 47.2. The first kappa shape index (κ1) is 22.4. The monoisotopic (exact) mass is 406 g/mol. The van der Waals surface area contributed by atoms with Gasteiger partial charge in [0.05, 0.1) is 11.1 Å². The predicted octanol–water partition coefficient (Wildman–Crippen LogP) is 2.83. The number of hydrogen-bond donors (Lipinski definition) is 0. The van der Waals surface area contributed by atoms with E-state index in [2.05, 4.69) is 0 Å². The van der Waals surface area contributed by atoms with Gasteiger partial charge in [-0.25, -0.2) is 9.59 Å². The van der Waals surface area contributed by atoms with E-state index < -0.39 is 11.9 Å². The lowest BCUT2D eigenvalue weighted by Crippen LogP contribution is -2.15. The van der Waals surface area contributed by atoms with Crippen molar-refractivity contribution in [2.24, 2.45) is 0 Å². The highest BCUT2D eigenvalue weighted by Crippen LogP contribution is 2.10. The summed E-state index contributed by atoms with van der Waals surface area (Å²) in [5, 5.41) is 0. The average Bonchev–Trinajstić information content (AvgIpc) is 2.72. The van der Waals surface area contributed by atoms with Gasteiger partial charge in [0.2, 0.25) is 0 Å². The maximum atomic E-state index is 12.0. The minimum absolute atomic E-state index is 0.00288. The van der Waals surface area contributed by atoms with Gasteiger partial charge >= 0.3 is 23.9 Å². The lowest BCUT2D eigenvalue weighted by Gasteiger charge is -2.08. The summed E-state index contributed by atoms with van der Waals surface area (Å²) in [6.45, 7) is -0.0843. The van der Waals surface area contributed by atoms with Crippen LogP contribution in [-0.4, -0.2) is 50.3 Å². The van der Waals surface area contributed by atoms with Gasteiger partial charge in [-0.15, -0.1) is 0 Å². The van der Waals surface area contributed by atoms with E-state index >= 15 is 0 Å². The van der Waals surface area contributed by atoms with Crippen LogP contribution in [-0.2, 0) is 28.5 Å². The van der Waals surface area contributed by atoms with Crippen LogP contribution in [0, 0.1) is 0 Å². The summed E-state index contributed by atoms with van der Waals surface area (Å²) in [6.07, 6.45) is 4.68. The fraction of sp³-hybridized carbons (Fsp3) is 0.524. The molecule has 158 valence electrons. The van der Waals surface area contributed by atoms with E-state index in [1.807, 2.05) is 0 Å². The van der Waals surface area contributed by atoms with Gasteiger partial charge in [0.25, 0.3) is 0 Å². The van der Waals surface area contributed by atoms with Gasteiger partial charge in [0, 0.05) is 12.8 Å². The topological polar surface area (TPSA) is 105 Å². The molecule has 0 amide bonds. The van der Waals surface area contributed by atoms with Crippen LogP contribution in [0.1, 0.15) is 65.7 Å². The van der Waals surface area contributed by atoms with Crippen molar-refractivity contribution in [2.45, 2.75) is 44.9 Å². The molecule has 2 aliphatic heterocycles. The number of rotatable bonds is 0. The van der Waals surface area contributed by atoms with E-state index in [0.717, 1.165) is 19.3 Å². The molecule has 2 bridgehead atoms. The Bertz CT molecular complexity index is 636. The zero-order valence-electron chi connectivity index (χ0n) is 16.4. The number of fused-ring (bicyclic) bond motifs is 20. The molecule has 8 heteroatoms. The summed E-state index contributed by atoms with van der Waals surface area (Å²) < 4.78 is 20.2. The highest BCUT2D eigenvalue weighted by Gasteiger charge is 2.12. The Morgan fingerprint density at radius 3 is 1.24 bits per heavy atom. The number of ether oxygens (including phenoxy) is 4. The molecule has 2 aliphatic rings. The van der Waals surface area contributed by atoms with Crippen LogP contribution in [0.5, 0.6) is 0 Å². The van der Waals surface area contributed by atoms with Gasteiger partial charge in [0.15, 0.2) is 0 Å². The van der Waals surface area contributed by atoms with Crippen molar-refractivity contribution < 1.29 is 38.1 Å². The minimum Gasteiger partial charge on any atom is -0.462 e. The molecule has 0 spiro atoms. The molecule has 0 radical (unpaired) electrons. The van der Waals surface area contributed by atoms with Gasteiger partial charge in [0.1, 0.15) is 26.4 Å². The zero-order valence-corrected chi connectivity index (χ0v) is 16.4. The van der Waals surface area contributed by atoms with E-state index in [1.54, 1.807) is 0 Å². The molecule has 0 atom stereocenters. The molecular weight excluding hydrogens is 380 g/mol. The Kier molecular flexibility index (Phi) is 9.68. The normalized spacial score (nSPS) is 18.9. The second kappa shape index (κ2) is 12.5. The largest absolute Gasteiger partial charge is 0.462 e. The van der Waals surface area contributed by atoms with E-state index in [1.165, 1.54) is 24.3 Å². The fourth-order valence-electron chi connectivity index (χ4n) is 2.70. The third kappa shape index (κ3) is 8.76. The Morgan fingerprint density at radius 1 is 0.483 bits per heavy atom. The maximum absolute atomic E-state index is 12.0. The number of esters is 4. The van der Waals surface area contributed by atoms with Gasteiger partial charge in [-0.2, -0.15) is 0 Å². The van der Waals surface area contributed by atoms with Crippen molar-refractivity contribution in [1.82, 2.24) is 0 Å². The Balaban J connectivity index is 1.89. The molecule has 0 fully saturated rings. The number of hydrogen-bond acceptors (Lipinski definition) is 8. The minimum atomic E-state index is -0.578. The molecule has 0 saturated heterocycles. The first-order valence-electron chi connectivity index (χ1n) is 9.82. The molecule has 1 aromatic rings. The summed E-state index contributed by atoms with van der Waals surface area (Å²) in [5.41, 5.74) is 0.528.